The zero-order chi connectivity index (χ0) is 16.9. The van der Waals surface area contributed by atoms with Gasteiger partial charge in [0.15, 0.2) is 0 Å². The summed E-state index contributed by atoms with van der Waals surface area (Å²) < 4.78 is 7.53. The van der Waals surface area contributed by atoms with Gasteiger partial charge in [-0.3, -0.25) is 0 Å². The van der Waals surface area contributed by atoms with Crippen molar-refractivity contribution in [3.63, 3.8) is 0 Å². The topological polar surface area (TPSA) is 39.1 Å². The third-order valence-corrected chi connectivity index (χ3v) is 4.07. The van der Waals surface area contributed by atoms with Crippen LogP contribution in [0.3, 0.4) is 0 Å². The Morgan fingerprint density at radius 3 is 2.46 bits per heavy atom. The number of nitrogens with zero attached hydrogens (tertiary/aromatic N) is 2. The smallest absolute Gasteiger partial charge is 0.203 e. The lowest BCUT2D eigenvalue weighted by molar-refractivity contribution is 0.340. The Kier molecular flexibility index (Phi) is 5.06. The van der Waals surface area contributed by atoms with Crippen LogP contribution in [0.5, 0.6) is 5.75 Å². The van der Waals surface area contributed by atoms with E-state index in [4.69, 9.17) is 16.3 Å². The van der Waals surface area contributed by atoms with Gasteiger partial charge in [-0.15, -0.1) is 0 Å². The first-order valence-corrected chi connectivity index (χ1v) is 8.28. The van der Waals surface area contributed by atoms with Gasteiger partial charge < -0.3 is 14.6 Å². The summed E-state index contributed by atoms with van der Waals surface area (Å²) >= 11 is 5.91. The molecular formula is C19H20ClN3O. The Labute approximate surface area is 147 Å². The first-order valence-electron chi connectivity index (χ1n) is 7.90. The van der Waals surface area contributed by atoms with Gasteiger partial charge in [0.05, 0.1) is 18.5 Å². The van der Waals surface area contributed by atoms with Crippen molar-refractivity contribution < 1.29 is 4.74 Å². The molecule has 0 bridgehead atoms. The first-order chi connectivity index (χ1) is 11.7. The average molecular weight is 342 g/mol. The van der Waals surface area contributed by atoms with Gasteiger partial charge >= 0.3 is 0 Å². The molecule has 0 radical (unpaired) electrons. The minimum absolute atomic E-state index is 0.670. The van der Waals surface area contributed by atoms with E-state index in [0.29, 0.717) is 13.2 Å². The third-order valence-electron chi connectivity index (χ3n) is 3.81. The maximum atomic E-state index is 5.91. The standard InChI is InChI=1S/C19H20ClN3O/c1-3-24-17-10-6-15(7-11-17)18-13-22-19(23(18)2)21-12-14-4-8-16(20)9-5-14/h4-11,13H,3,12H2,1-2H3,(H,21,22). The molecule has 0 fully saturated rings. The Morgan fingerprint density at radius 2 is 1.79 bits per heavy atom. The molecule has 0 aliphatic rings. The van der Waals surface area contributed by atoms with Crippen LogP contribution < -0.4 is 10.1 Å². The number of halogens is 1. The molecule has 124 valence electrons. The molecule has 0 saturated carbocycles. The van der Waals surface area contributed by atoms with E-state index in [1.165, 1.54) is 0 Å². The van der Waals surface area contributed by atoms with E-state index < -0.39 is 0 Å². The van der Waals surface area contributed by atoms with Gasteiger partial charge in [0.2, 0.25) is 5.95 Å². The number of aromatic nitrogens is 2. The highest BCUT2D eigenvalue weighted by Crippen LogP contribution is 2.24. The number of nitrogens with one attached hydrogen (secondary N) is 1. The summed E-state index contributed by atoms with van der Waals surface area (Å²) in [6.45, 7) is 3.35. The van der Waals surface area contributed by atoms with E-state index in [2.05, 4.69) is 10.3 Å². The molecule has 1 aromatic heterocycles. The van der Waals surface area contributed by atoms with Crippen molar-refractivity contribution in [3.05, 3.63) is 65.3 Å². The Morgan fingerprint density at radius 1 is 1.08 bits per heavy atom. The molecule has 24 heavy (non-hydrogen) atoms. The van der Waals surface area contributed by atoms with Gasteiger partial charge in [-0.1, -0.05) is 23.7 Å². The normalized spacial score (nSPS) is 10.6. The quantitative estimate of drug-likeness (QED) is 0.703. The molecule has 1 N–H and O–H groups in total. The van der Waals surface area contributed by atoms with Gasteiger partial charge in [0.1, 0.15) is 5.75 Å². The van der Waals surface area contributed by atoms with E-state index >= 15 is 0 Å². The summed E-state index contributed by atoms with van der Waals surface area (Å²) in [6.07, 6.45) is 1.87. The summed E-state index contributed by atoms with van der Waals surface area (Å²) in [5, 5.41) is 4.10. The van der Waals surface area contributed by atoms with Crippen molar-refractivity contribution in [3.8, 4) is 17.0 Å². The predicted octanol–water partition coefficient (Wildman–Crippen LogP) is 4.75. The van der Waals surface area contributed by atoms with Crippen molar-refractivity contribution >= 4 is 17.5 Å². The van der Waals surface area contributed by atoms with Gasteiger partial charge in [-0.25, -0.2) is 4.98 Å². The predicted molar refractivity (Wildman–Crippen MR) is 98.6 cm³/mol. The van der Waals surface area contributed by atoms with Crippen LogP contribution >= 0.6 is 11.6 Å². The lowest BCUT2D eigenvalue weighted by atomic mass is 10.1. The molecule has 2 aromatic carbocycles. The highest BCUT2D eigenvalue weighted by molar-refractivity contribution is 6.30. The zero-order valence-corrected chi connectivity index (χ0v) is 14.5. The highest BCUT2D eigenvalue weighted by Gasteiger charge is 2.08. The molecule has 0 spiro atoms. The monoisotopic (exact) mass is 341 g/mol. The number of hydrogen-bond acceptors (Lipinski definition) is 3. The lowest BCUT2D eigenvalue weighted by Gasteiger charge is -2.09. The molecule has 0 atom stereocenters. The minimum Gasteiger partial charge on any atom is -0.494 e. The van der Waals surface area contributed by atoms with Crippen LogP contribution in [0.15, 0.2) is 54.7 Å². The summed E-state index contributed by atoms with van der Waals surface area (Å²) in [6, 6.07) is 15.8. The summed E-state index contributed by atoms with van der Waals surface area (Å²) in [4.78, 5) is 4.48. The Hall–Kier alpha value is -2.46. The summed E-state index contributed by atoms with van der Waals surface area (Å²) in [5.41, 5.74) is 3.31. The van der Waals surface area contributed by atoms with Gasteiger partial charge in [-0.2, -0.15) is 0 Å². The molecule has 4 nitrogen and oxygen atoms in total. The molecule has 0 aliphatic heterocycles. The van der Waals surface area contributed by atoms with E-state index in [0.717, 1.165) is 33.5 Å². The van der Waals surface area contributed by atoms with Crippen molar-refractivity contribution in [1.29, 1.82) is 0 Å². The maximum Gasteiger partial charge on any atom is 0.203 e. The number of rotatable bonds is 6. The van der Waals surface area contributed by atoms with Gasteiger partial charge in [0.25, 0.3) is 0 Å². The zero-order valence-electron chi connectivity index (χ0n) is 13.8. The number of anilines is 1. The summed E-state index contributed by atoms with van der Waals surface area (Å²) in [7, 11) is 2.00. The second kappa shape index (κ2) is 7.41. The molecule has 3 aromatic rings. The largest absolute Gasteiger partial charge is 0.494 e. The van der Waals surface area contributed by atoms with Crippen LogP contribution in [0.1, 0.15) is 12.5 Å². The number of benzene rings is 2. The molecule has 3 rings (SSSR count). The minimum atomic E-state index is 0.670. The fourth-order valence-electron chi connectivity index (χ4n) is 2.51. The van der Waals surface area contributed by atoms with Crippen molar-refractivity contribution in [2.24, 2.45) is 7.05 Å². The van der Waals surface area contributed by atoms with E-state index in [1.54, 1.807) is 0 Å². The summed E-state index contributed by atoms with van der Waals surface area (Å²) in [5.74, 6) is 1.71. The SMILES string of the molecule is CCOc1ccc(-c2cnc(NCc3ccc(Cl)cc3)n2C)cc1. The number of imidazole rings is 1. The van der Waals surface area contributed by atoms with E-state index in [9.17, 15) is 0 Å². The van der Waals surface area contributed by atoms with Gasteiger partial charge in [0, 0.05) is 24.2 Å². The third kappa shape index (κ3) is 3.71. The van der Waals surface area contributed by atoms with E-state index in [1.807, 2.05) is 73.3 Å². The van der Waals surface area contributed by atoms with Crippen LogP contribution in [-0.2, 0) is 13.6 Å². The highest BCUT2D eigenvalue weighted by atomic mass is 35.5. The van der Waals surface area contributed by atoms with Crippen LogP contribution in [0.25, 0.3) is 11.3 Å². The van der Waals surface area contributed by atoms with Crippen LogP contribution in [0, 0.1) is 0 Å². The number of hydrogen-bond donors (Lipinski definition) is 1. The van der Waals surface area contributed by atoms with E-state index in [-0.39, 0.29) is 0 Å². The fraction of sp³-hybridized carbons (Fsp3) is 0.211. The Bertz CT molecular complexity index is 794. The molecule has 1 heterocycles. The van der Waals surface area contributed by atoms with Crippen LogP contribution in [0.4, 0.5) is 5.95 Å². The van der Waals surface area contributed by atoms with Crippen molar-refractivity contribution in [1.82, 2.24) is 9.55 Å². The second-order valence-corrected chi connectivity index (χ2v) is 5.90. The molecule has 0 aliphatic carbocycles. The second-order valence-electron chi connectivity index (χ2n) is 5.46. The van der Waals surface area contributed by atoms with Crippen molar-refractivity contribution in [2.45, 2.75) is 13.5 Å². The molecule has 0 amide bonds. The van der Waals surface area contributed by atoms with Crippen molar-refractivity contribution in [2.75, 3.05) is 11.9 Å². The maximum absolute atomic E-state index is 5.91. The van der Waals surface area contributed by atoms with Crippen LogP contribution in [0.2, 0.25) is 5.02 Å². The Balaban J connectivity index is 1.72. The molecular weight excluding hydrogens is 322 g/mol. The van der Waals surface area contributed by atoms with Crippen LogP contribution in [-0.4, -0.2) is 16.2 Å². The van der Waals surface area contributed by atoms with Gasteiger partial charge in [-0.05, 0) is 48.9 Å². The number of ether oxygens (including phenoxy) is 1. The molecule has 0 unspecified atom stereocenters. The average Bonchev–Trinajstić information content (AvgIpc) is 2.96. The first kappa shape index (κ1) is 16.4. The molecule has 0 saturated heterocycles. The molecule has 5 heteroatoms. The fourth-order valence-corrected chi connectivity index (χ4v) is 2.64. The lowest BCUT2D eigenvalue weighted by Crippen LogP contribution is -2.05.